The number of Topliss-reactive ketones (excluding diaryl/α,β-unsaturated/α-hetero) is 1. The Kier molecular flexibility index (Phi) is 4.03. The van der Waals surface area contributed by atoms with E-state index in [1.54, 1.807) is 0 Å². The minimum Gasteiger partial charge on any atom is -0.481 e. The first-order chi connectivity index (χ1) is 8.97. The van der Waals surface area contributed by atoms with Crippen LogP contribution < -0.4 is 0 Å². The summed E-state index contributed by atoms with van der Waals surface area (Å²) in [6.45, 7) is 3.95. The van der Waals surface area contributed by atoms with Gasteiger partial charge in [-0.25, -0.2) is 0 Å². The van der Waals surface area contributed by atoms with Crippen LogP contribution in [0.5, 0.6) is 0 Å². The first-order valence-corrected chi connectivity index (χ1v) is 6.82. The molecule has 0 heterocycles. The molecule has 1 aliphatic carbocycles. The summed E-state index contributed by atoms with van der Waals surface area (Å²) in [6.07, 6.45) is 2.83. The van der Waals surface area contributed by atoms with E-state index in [-0.39, 0.29) is 17.6 Å². The number of hydrogen-bond donors (Lipinski definition) is 1. The Morgan fingerprint density at radius 1 is 1.05 bits per heavy atom. The summed E-state index contributed by atoms with van der Waals surface area (Å²) in [4.78, 5) is 23.5. The molecule has 19 heavy (non-hydrogen) atoms. The molecule has 3 heteroatoms. The van der Waals surface area contributed by atoms with Gasteiger partial charge < -0.3 is 5.11 Å². The highest BCUT2D eigenvalue weighted by molar-refractivity contribution is 5.98. The van der Waals surface area contributed by atoms with E-state index in [0.29, 0.717) is 12.8 Å². The number of rotatable bonds is 3. The Hall–Kier alpha value is -1.64. The van der Waals surface area contributed by atoms with E-state index >= 15 is 0 Å². The predicted molar refractivity (Wildman–Crippen MR) is 73.3 cm³/mol. The first-order valence-electron chi connectivity index (χ1n) is 6.82. The van der Waals surface area contributed by atoms with Crippen LogP contribution in [0.4, 0.5) is 0 Å². The van der Waals surface area contributed by atoms with Gasteiger partial charge in [0.2, 0.25) is 0 Å². The molecule has 1 aromatic carbocycles. The van der Waals surface area contributed by atoms with E-state index in [9.17, 15) is 9.59 Å². The maximum Gasteiger partial charge on any atom is 0.306 e. The summed E-state index contributed by atoms with van der Waals surface area (Å²) in [7, 11) is 0. The lowest BCUT2D eigenvalue weighted by Crippen LogP contribution is -2.27. The summed E-state index contributed by atoms with van der Waals surface area (Å²) in [5.41, 5.74) is 2.89. The van der Waals surface area contributed by atoms with Crippen LogP contribution in [0.25, 0.3) is 0 Å². The monoisotopic (exact) mass is 260 g/mol. The van der Waals surface area contributed by atoms with E-state index in [4.69, 9.17) is 5.11 Å². The van der Waals surface area contributed by atoms with Gasteiger partial charge in [0.1, 0.15) is 0 Å². The fourth-order valence-electron chi connectivity index (χ4n) is 3.00. The Labute approximate surface area is 113 Å². The molecule has 0 spiro atoms. The number of carboxylic acids is 1. The van der Waals surface area contributed by atoms with Gasteiger partial charge in [-0.15, -0.1) is 0 Å². The molecular weight excluding hydrogens is 240 g/mol. The van der Waals surface area contributed by atoms with Crippen LogP contribution in [0.1, 0.15) is 47.2 Å². The molecular formula is C16H20O3. The molecule has 1 saturated carbocycles. The van der Waals surface area contributed by atoms with Crippen molar-refractivity contribution in [3.63, 3.8) is 0 Å². The van der Waals surface area contributed by atoms with Gasteiger partial charge in [-0.05, 0) is 45.2 Å². The number of carboxylic acid groups (broad SMARTS) is 1. The molecule has 2 rings (SSSR count). The molecule has 0 aromatic heterocycles. The highest BCUT2D eigenvalue weighted by Gasteiger charge is 2.31. The van der Waals surface area contributed by atoms with Gasteiger partial charge in [0, 0.05) is 11.5 Å². The zero-order chi connectivity index (χ0) is 14.0. The van der Waals surface area contributed by atoms with Gasteiger partial charge >= 0.3 is 5.97 Å². The van der Waals surface area contributed by atoms with Crippen LogP contribution in [-0.4, -0.2) is 16.9 Å². The van der Waals surface area contributed by atoms with Gasteiger partial charge in [0.05, 0.1) is 5.92 Å². The fraction of sp³-hybridized carbons (Fsp3) is 0.500. The summed E-state index contributed by atoms with van der Waals surface area (Å²) in [6, 6.07) is 5.84. The van der Waals surface area contributed by atoms with Crippen LogP contribution in [-0.2, 0) is 4.79 Å². The number of aryl methyl sites for hydroxylation is 2. The van der Waals surface area contributed by atoms with E-state index < -0.39 is 5.97 Å². The quantitative estimate of drug-likeness (QED) is 0.848. The Bertz CT molecular complexity index is 484. The third-order valence-corrected chi connectivity index (χ3v) is 3.90. The molecule has 0 unspecified atom stereocenters. The van der Waals surface area contributed by atoms with Crippen molar-refractivity contribution in [1.29, 1.82) is 0 Å². The predicted octanol–water partition coefficient (Wildman–Crippen LogP) is 3.38. The number of ketones is 1. The topological polar surface area (TPSA) is 54.4 Å². The van der Waals surface area contributed by atoms with Crippen LogP contribution in [0.3, 0.4) is 0 Å². The lowest BCUT2D eigenvalue weighted by atomic mass is 9.78. The second-order valence-corrected chi connectivity index (χ2v) is 5.64. The van der Waals surface area contributed by atoms with Crippen LogP contribution in [0.15, 0.2) is 18.2 Å². The average molecular weight is 260 g/mol. The van der Waals surface area contributed by atoms with Crippen molar-refractivity contribution in [3.05, 3.63) is 34.9 Å². The highest BCUT2D eigenvalue weighted by atomic mass is 16.4. The van der Waals surface area contributed by atoms with Crippen LogP contribution >= 0.6 is 0 Å². The molecule has 3 nitrogen and oxygen atoms in total. The highest BCUT2D eigenvalue weighted by Crippen LogP contribution is 2.31. The molecule has 0 bridgehead atoms. The molecule has 0 aliphatic heterocycles. The minimum atomic E-state index is -0.766. The lowest BCUT2D eigenvalue weighted by Gasteiger charge is -2.25. The smallest absolute Gasteiger partial charge is 0.306 e. The third kappa shape index (κ3) is 3.22. The molecule has 1 fully saturated rings. The maximum absolute atomic E-state index is 12.5. The van der Waals surface area contributed by atoms with Gasteiger partial charge in [-0.2, -0.15) is 0 Å². The number of carbonyl (C=O) groups excluding carboxylic acids is 1. The summed E-state index contributed by atoms with van der Waals surface area (Å²) in [5, 5.41) is 9.09. The van der Waals surface area contributed by atoms with Crippen molar-refractivity contribution in [3.8, 4) is 0 Å². The van der Waals surface area contributed by atoms with Crippen molar-refractivity contribution in [2.75, 3.05) is 0 Å². The largest absolute Gasteiger partial charge is 0.481 e. The fourth-order valence-corrected chi connectivity index (χ4v) is 3.00. The van der Waals surface area contributed by atoms with Crippen LogP contribution in [0, 0.1) is 25.7 Å². The number of aliphatic carboxylic acids is 1. The van der Waals surface area contributed by atoms with Gasteiger partial charge in [-0.1, -0.05) is 23.6 Å². The number of hydrogen-bond acceptors (Lipinski definition) is 2. The maximum atomic E-state index is 12.5. The zero-order valence-corrected chi connectivity index (χ0v) is 11.5. The summed E-state index contributed by atoms with van der Waals surface area (Å²) < 4.78 is 0. The van der Waals surface area contributed by atoms with E-state index in [2.05, 4.69) is 0 Å². The Balaban J connectivity index is 2.16. The van der Waals surface area contributed by atoms with Gasteiger partial charge in [0.25, 0.3) is 0 Å². The van der Waals surface area contributed by atoms with E-state index in [1.807, 2.05) is 32.0 Å². The number of benzene rings is 1. The summed E-state index contributed by atoms with van der Waals surface area (Å²) in [5.74, 6) is -1.14. The molecule has 1 N–H and O–H groups in total. The van der Waals surface area contributed by atoms with Crippen molar-refractivity contribution in [2.24, 2.45) is 11.8 Å². The molecule has 1 aliphatic rings. The molecule has 1 aromatic rings. The third-order valence-electron chi connectivity index (χ3n) is 3.90. The molecule has 102 valence electrons. The second kappa shape index (κ2) is 5.55. The zero-order valence-electron chi connectivity index (χ0n) is 11.5. The Morgan fingerprint density at radius 3 is 2.21 bits per heavy atom. The normalized spacial score (nSPS) is 23.1. The molecule has 0 saturated heterocycles. The molecule has 0 radical (unpaired) electrons. The van der Waals surface area contributed by atoms with E-state index in [1.165, 1.54) is 0 Å². The van der Waals surface area contributed by atoms with Crippen molar-refractivity contribution < 1.29 is 14.7 Å². The van der Waals surface area contributed by atoms with Crippen molar-refractivity contribution in [2.45, 2.75) is 39.5 Å². The Morgan fingerprint density at radius 2 is 1.63 bits per heavy atom. The SMILES string of the molecule is Cc1cc(C)cc(C(=O)[C@H]2CCC[C@@H](C(=O)O)C2)c1. The van der Waals surface area contributed by atoms with Crippen LogP contribution in [0.2, 0.25) is 0 Å². The van der Waals surface area contributed by atoms with E-state index in [0.717, 1.165) is 29.5 Å². The average Bonchev–Trinajstić information content (AvgIpc) is 2.37. The lowest BCUT2D eigenvalue weighted by molar-refractivity contribution is -0.143. The minimum absolute atomic E-state index is 0.109. The first kappa shape index (κ1) is 13.8. The van der Waals surface area contributed by atoms with Gasteiger partial charge in [0.15, 0.2) is 5.78 Å². The standard InChI is InChI=1S/C16H20O3/c1-10-6-11(2)8-14(7-10)15(17)12-4-3-5-13(9-12)16(18)19/h6-8,12-13H,3-5,9H2,1-2H3,(H,18,19)/t12-,13+/m0/s1. The summed E-state index contributed by atoms with van der Waals surface area (Å²) >= 11 is 0. The van der Waals surface area contributed by atoms with Crippen molar-refractivity contribution >= 4 is 11.8 Å². The second-order valence-electron chi connectivity index (χ2n) is 5.64. The van der Waals surface area contributed by atoms with Gasteiger partial charge in [-0.3, -0.25) is 9.59 Å². The molecule has 2 atom stereocenters. The van der Waals surface area contributed by atoms with Crippen molar-refractivity contribution in [1.82, 2.24) is 0 Å². The molecule has 0 amide bonds. The number of carbonyl (C=O) groups is 2.